The molecular formula is C27H23FN6O5S. The number of aromatic nitrogens is 4. The van der Waals surface area contributed by atoms with Gasteiger partial charge in [0.1, 0.15) is 24.0 Å². The maximum atomic E-state index is 14.8. The number of methoxy groups -OCH3 is 1. The molecule has 5 rings (SSSR count). The number of halogens is 1. The molecule has 0 fully saturated rings. The lowest BCUT2D eigenvalue weighted by atomic mass is 10.1. The van der Waals surface area contributed by atoms with Crippen LogP contribution in [0.2, 0.25) is 0 Å². The van der Waals surface area contributed by atoms with E-state index in [2.05, 4.69) is 30.6 Å². The van der Waals surface area contributed by atoms with Crippen LogP contribution in [0.5, 0.6) is 11.6 Å². The van der Waals surface area contributed by atoms with Gasteiger partial charge in [-0.25, -0.2) is 29.1 Å². The molecule has 3 aromatic heterocycles. The zero-order valence-corrected chi connectivity index (χ0v) is 22.5. The van der Waals surface area contributed by atoms with Crippen LogP contribution >= 0.6 is 11.3 Å². The fourth-order valence-electron chi connectivity index (χ4n) is 3.83. The van der Waals surface area contributed by atoms with Gasteiger partial charge in [-0.1, -0.05) is 0 Å². The Kier molecular flexibility index (Phi) is 7.64. The van der Waals surface area contributed by atoms with Gasteiger partial charge in [0.25, 0.3) is 0 Å². The van der Waals surface area contributed by atoms with Crippen molar-refractivity contribution < 1.29 is 28.2 Å². The van der Waals surface area contributed by atoms with Crippen molar-refractivity contribution in [1.29, 1.82) is 0 Å². The van der Waals surface area contributed by atoms with Gasteiger partial charge < -0.3 is 19.5 Å². The molecule has 0 atom stereocenters. The lowest BCUT2D eigenvalue weighted by molar-refractivity contribution is -0.114. The molecule has 0 aliphatic carbocycles. The van der Waals surface area contributed by atoms with Crippen LogP contribution < -0.4 is 20.1 Å². The summed E-state index contributed by atoms with van der Waals surface area (Å²) < 4.78 is 31.3. The van der Waals surface area contributed by atoms with E-state index in [1.807, 2.05) is 19.1 Å². The fraction of sp³-hybridized carbons (Fsp3) is 0.185. The summed E-state index contributed by atoms with van der Waals surface area (Å²) in [5.41, 5.74) is 3.96. The van der Waals surface area contributed by atoms with Crippen molar-refractivity contribution in [2.45, 2.75) is 13.8 Å². The summed E-state index contributed by atoms with van der Waals surface area (Å²) in [5, 5.41) is 5.70. The van der Waals surface area contributed by atoms with E-state index >= 15 is 0 Å². The largest absolute Gasteiger partial charge is 0.487 e. The van der Waals surface area contributed by atoms with Crippen LogP contribution in [0.1, 0.15) is 12.5 Å². The highest BCUT2D eigenvalue weighted by Crippen LogP contribution is 2.37. The Morgan fingerprint density at radius 2 is 1.85 bits per heavy atom. The molecule has 11 nitrogen and oxygen atoms in total. The molecule has 0 aliphatic heterocycles. The molecule has 2 aromatic carbocycles. The van der Waals surface area contributed by atoms with Crippen LogP contribution in [0, 0.1) is 12.7 Å². The number of rotatable bonds is 8. The van der Waals surface area contributed by atoms with Crippen molar-refractivity contribution in [1.82, 2.24) is 19.9 Å². The number of carbonyl (C=O) groups excluding carboxylic acids is 2. The Labute approximate surface area is 231 Å². The first-order valence-electron chi connectivity index (χ1n) is 12.0. The minimum Gasteiger partial charge on any atom is -0.487 e. The van der Waals surface area contributed by atoms with Crippen molar-refractivity contribution >= 4 is 56.1 Å². The quantitative estimate of drug-likeness (QED) is 0.240. The zero-order chi connectivity index (χ0) is 28.2. The van der Waals surface area contributed by atoms with Crippen LogP contribution in [0.3, 0.4) is 0 Å². The van der Waals surface area contributed by atoms with E-state index in [0.717, 1.165) is 15.8 Å². The van der Waals surface area contributed by atoms with E-state index in [4.69, 9.17) is 14.2 Å². The summed E-state index contributed by atoms with van der Waals surface area (Å²) in [6, 6.07) is 9.85. The third-order valence-electron chi connectivity index (χ3n) is 5.54. The van der Waals surface area contributed by atoms with Crippen LogP contribution in [-0.4, -0.2) is 52.3 Å². The third kappa shape index (κ3) is 6.04. The highest BCUT2D eigenvalue weighted by Gasteiger charge is 2.16. The second kappa shape index (κ2) is 11.5. The van der Waals surface area contributed by atoms with E-state index in [-0.39, 0.29) is 24.9 Å². The normalized spacial score (nSPS) is 10.9. The summed E-state index contributed by atoms with van der Waals surface area (Å²) in [5.74, 6) is -0.0579. The first-order chi connectivity index (χ1) is 19.3. The molecule has 0 saturated carbocycles. The number of anilines is 2. The van der Waals surface area contributed by atoms with Gasteiger partial charge in [0, 0.05) is 24.6 Å². The molecule has 0 spiro atoms. The van der Waals surface area contributed by atoms with E-state index in [9.17, 15) is 14.0 Å². The molecule has 0 unspecified atom stereocenters. The van der Waals surface area contributed by atoms with Gasteiger partial charge in [0.05, 0.1) is 46.4 Å². The number of nitrogens with zero attached hydrogens (tertiary/aromatic N) is 4. The lowest BCUT2D eigenvalue weighted by Gasteiger charge is -2.09. The van der Waals surface area contributed by atoms with Crippen LogP contribution in [-0.2, 0) is 9.53 Å². The predicted octanol–water partition coefficient (Wildman–Crippen LogP) is 5.34. The van der Waals surface area contributed by atoms with Crippen molar-refractivity contribution in [2.24, 2.45) is 0 Å². The average Bonchev–Trinajstić information content (AvgIpc) is 3.33. The van der Waals surface area contributed by atoms with Gasteiger partial charge in [0.15, 0.2) is 11.6 Å². The summed E-state index contributed by atoms with van der Waals surface area (Å²) in [6.45, 7) is 3.13. The standard InChI is InChI=1S/C27H23FN6O5S/c1-14-8-17(25-20(9-14)33-24(37-3)13-30-25)26-34-19-10-18(28)21(11-22(19)40-26)38-6-7-39-27(36)32-16-4-5-23(29-12-16)31-15(2)35/h4-5,8-13H,6-7H2,1-3H3,(H,32,36)(H,29,31,35). The molecule has 3 heterocycles. The van der Waals surface area contributed by atoms with Gasteiger partial charge >= 0.3 is 6.09 Å². The minimum absolute atomic E-state index is 0.0168. The Morgan fingerprint density at radius 1 is 1.00 bits per heavy atom. The number of ether oxygens (including phenoxy) is 3. The van der Waals surface area contributed by atoms with Crippen molar-refractivity contribution in [3.05, 3.63) is 60.2 Å². The second-order valence-corrected chi connectivity index (χ2v) is 9.62. The zero-order valence-electron chi connectivity index (χ0n) is 21.6. The van der Waals surface area contributed by atoms with E-state index in [1.54, 1.807) is 18.3 Å². The van der Waals surface area contributed by atoms with Gasteiger partial charge in [-0.3, -0.25) is 10.1 Å². The van der Waals surface area contributed by atoms with E-state index in [0.29, 0.717) is 38.9 Å². The topological polar surface area (TPSA) is 137 Å². The van der Waals surface area contributed by atoms with Gasteiger partial charge in [-0.2, -0.15) is 0 Å². The summed E-state index contributed by atoms with van der Waals surface area (Å²) >= 11 is 1.37. The molecule has 204 valence electrons. The van der Waals surface area contributed by atoms with E-state index in [1.165, 1.54) is 43.7 Å². The van der Waals surface area contributed by atoms with Crippen molar-refractivity contribution in [2.75, 3.05) is 31.0 Å². The van der Waals surface area contributed by atoms with Crippen LogP contribution in [0.15, 0.2) is 48.8 Å². The summed E-state index contributed by atoms with van der Waals surface area (Å²) in [7, 11) is 1.53. The van der Waals surface area contributed by atoms with Gasteiger partial charge in [0.2, 0.25) is 11.8 Å². The SMILES string of the molecule is COc1cnc2c(-c3nc4cc(F)c(OCCOC(=O)Nc5ccc(NC(C)=O)nc5)cc4s3)cc(C)cc2n1. The highest BCUT2D eigenvalue weighted by atomic mass is 32.1. The third-order valence-corrected chi connectivity index (χ3v) is 6.59. The molecule has 0 bridgehead atoms. The first kappa shape index (κ1) is 26.7. The molecule has 2 amide bonds. The number of amides is 2. The number of aryl methyl sites for hydroxylation is 1. The molecular weight excluding hydrogens is 539 g/mol. The van der Waals surface area contributed by atoms with Crippen molar-refractivity contribution in [3.63, 3.8) is 0 Å². The number of fused-ring (bicyclic) bond motifs is 2. The highest BCUT2D eigenvalue weighted by molar-refractivity contribution is 7.21. The molecule has 2 N–H and O–H groups in total. The first-order valence-corrected chi connectivity index (χ1v) is 12.8. The predicted molar refractivity (Wildman–Crippen MR) is 148 cm³/mol. The number of hydrogen-bond donors (Lipinski definition) is 2. The average molecular weight is 563 g/mol. The van der Waals surface area contributed by atoms with Crippen LogP contribution in [0.25, 0.3) is 31.8 Å². The Hall–Kier alpha value is -4.91. The molecule has 40 heavy (non-hydrogen) atoms. The van der Waals surface area contributed by atoms with Crippen molar-refractivity contribution in [3.8, 4) is 22.2 Å². The smallest absolute Gasteiger partial charge is 0.411 e. The van der Waals surface area contributed by atoms with Crippen LogP contribution in [0.4, 0.5) is 20.7 Å². The van der Waals surface area contributed by atoms with E-state index < -0.39 is 11.9 Å². The Bertz CT molecular complexity index is 1730. The Morgan fingerprint density at radius 3 is 2.60 bits per heavy atom. The number of nitrogens with one attached hydrogen (secondary N) is 2. The van der Waals surface area contributed by atoms with Gasteiger partial charge in [-0.15, -0.1) is 11.3 Å². The molecule has 0 aliphatic rings. The lowest BCUT2D eigenvalue weighted by Crippen LogP contribution is -2.18. The number of benzene rings is 2. The number of pyridine rings is 1. The summed E-state index contributed by atoms with van der Waals surface area (Å²) in [4.78, 5) is 40.7. The number of thiazole rings is 1. The maximum Gasteiger partial charge on any atom is 0.411 e. The maximum absolute atomic E-state index is 14.8. The number of hydrogen-bond acceptors (Lipinski definition) is 10. The monoisotopic (exact) mass is 562 g/mol. The summed E-state index contributed by atoms with van der Waals surface area (Å²) in [6.07, 6.45) is 2.19. The number of carbonyl (C=O) groups is 2. The molecule has 0 saturated heterocycles. The Balaban J connectivity index is 1.23. The van der Waals surface area contributed by atoms with Gasteiger partial charge in [-0.05, 0) is 36.8 Å². The molecule has 13 heteroatoms. The molecule has 5 aromatic rings. The minimum atomic E-state index is -0.730. The molecule has 0 radical (unpaired) electrons. The fourth-order valence-corrected chi connectivity index (χ4v) is 4.82. The second-order valence-electron chi connectivity index (χ2n) is 8.58.